The topological polar surface area (TPSA) is 93.1 Å². The maximum atomic E-state index is 12.8. The molecule has 0 saturated heterocycles. The molecule has 0 fully saturated rings. The lowest BCUT2D eigenvalue weighted by molar-refractivity contribution is -0.137. The van der Waals surface area contributed by atoms with E-state index in [4.69, 9.17) is 0 Å². The summed E-state index contributed by atoms with van der Waals surface area (Å²) in [7, 11) is -1.94. The highest BCUT2D eigenvalue weighted by Crippen LogP contribution is 2.29. The molecule has 0 aromatic heterocycles. The van der Waals surface area contributed by atoms with Gasteiger partial charge in [-0.15, -0.1) is 0 Å². The maximum absolute atomic E-state index is 12.8. The standard InChI is InChI=1S/C18H15F3N2O5S/c1-23(2)16(24)15(29(26,27)14-9-4-3-5-10-14)22-28-17(25)12-7-6-8-13(11-12)18(19,20)21/h3-11H,1-2H3. The lowest BCUT2D eigenvalue weighted by Gasteiger charge is -2.12. The Kier molecular flexibility index (Phi) is 6.42. The van der Waals surface area contributed by atoms with E-state index in [9.17, 15) is 31.2 Å². The molecule has 2 rings (SSSR count). The molecule has 0 bridgehead atoms. The van der Waals surface area contributed by atoms with E-state index in [1.807, 2.05) is 0 Å². The third-order valence-corrected chi connectivity index (χ3v) is 5.19. The first kappa shape index (κ1) is 22.1. The van der Waals surface area contributed by atoms with Gasteiger partial charge in [-0.1, -0.05) is 29.4 Å². The first-order valence-electron chi connectivity index (χ1n) is 7.93. The van der Waals surface area contributed by atoms with Gasteiger partial charge in [0.1, 0.15) is 0 Å². The van der Waals surface area contributed by atoms with Gasteiger partial charge in [0, 0.05) is 14.1 Å². The summed E-state index contributed by atoms with van der Waals surface area (Å²) in [5, 5.41) is 2.08. The normalized spacial score (nSPS) is 12.4. The third-order valence-electron chi connectivity index (χ3n) is 3.53. The second-order valence-corrected chi connectivity index (χ2v) is 7.73. The third kappa shape index (κ3) is 5.19. The summed E-state index contributed by atoms with van der Waals surface area (Å²) in [6.07, 6.45) is -4.69. The van der Waals surface area contributed by atoms with Crippen LogP contribution >= 0.6 is 0 Å². The smallest absolute Gasteiger partial charge is 0.343 e. The van der Waals surface area contributed by atoms with Crippen molar-refractivity contribution < 1.29 is 36.0 Å². The lowest BCUT2D eigenvalue weighted by atomic mass is 10.1. The summed E-state index contributed by atoms with van der Waals surface area (Å²) in [4.78, 5) is 29.5. The number of hydrogen-bond acceptors (Lipinski definition) is 6. The van der Waals surface area contributed by atoms with E-state index >= 15 is 0 Å². The number of hydrogen-bond donors (Lipinski definition) is 0. The number of rotatable bonds is 3. The summed E-state index contributed by atoms with van der Waals surface area (Å²) in [5.74, 6) is -2.44. The SMILES string of the molecule is CN(C)C(=O)C(=NOC(=O)c1cccc(C(F)(F)F)c1)S(=O)(=O)c1ccccc1. The van der Waals surface area contributed by atoms with E-state index in [1.165, 1.54) is 38.4 Å². The van der Waals surface area contributed by atoms with Crippen LogP contribution in [0.2, 0.25) is 0 Å². The number of oxime groups is 1. The molecule has 0 radical (unpaired) electrons. The van der Waals surface area contributed by atoms with Crippen molar-refractivity contribution in [2.24, 2.45) is 5.16 Å². The van der Waals surface area contributed by atoms with Crippen LogP contribution in [-0.4, -0.2) is 44.3 Å². The minimum absolute atomic E-state index is 0.274. The number of alkyl halides is 3. The molecular formula is C18H15F3N2O5S. The summed E-state index contributed by atoms with van der Waals surface area (Å²) in [5.41, 5.74) is -1.62. The molecule has 0 spiro atoms. The van der Waals surface area contributed by atoms with Gasteiger partial charge in [0.05, 0.1) is 16.0 Å². The lowest BCUT2D eigenvalue weighted by Crippen LogP contribution is -2.35. The van der Waals surface area contributed by atoms with Gasteiger partial charge in [-0.05, 0) is 30.3 Å². The molecular weight excluding hydrogens is 413 g/mol. The van der Waals surface area contributed by atoms with Gasteiger partial charge in [-0.25, -0.2) is 13.2 Å². The summed E-state index contributed by atoms with van der Waals surface area (Å²) in [6.45, 7) is 0. The van der Waals surface area contributed by atoms with Gasteiger partial charge >= 0.3 is 12.1 Å². The molecule has 1 amide bonds. The Morgan fingerprint density at radius 3 is 2.17 bits per heavy atom. The molecule has 0 heterocycles. The number of sulfone groups is 1. The van der Waals surface area contributed by atoms with Crippen LogP contribution in [0.25, 0.3) is 0 Å². The monoisotopic (exact) mass is 428 g/mol. The summed E-state index contributed by atoms with van der Waals surface area (Å²) in [6, 6.07) is 10.1. The van der Waals surface area contributed by atoms with Crippen LogP contribution in [0.4, 0.5) is 13.2 Å². The average molecular weight is 428 g/mol. The van der Waals surface area contributed by atoms with Crippen molar-refractivity contribution in [3.63, 3.8) is 0 Å². The highest BCUT2D eigenvalue weighted by atomic mass is 32.2. The fraction of sp³-hybridized carbons (Fsp3) is 0.167. The Labute approximate surface area is 164 Å². The zero-order chi connectivity index (χ0) is 21.8. The number of nitrogens with zero attached hydrogens (tertiary/aromatic N) is 2. The highest BCUT2D eigenvalue weighted by molar-refractivity contribution is 8.08. The molecule has 0 aliphatic heterocycles. The molecule has 0 N–H and O–H groups in total. The fourth-order valence-corrected chi connectivity index (χ4v) is 3.35. The molecule has 29 heavy (non-hydrogen) atoms. The maximum Gasteiger partial charge on any atom is 0.416 e. The molecule has 0 saturated carbocycles. The van der Waals surface area contributed by atoms with E-state index in [0.717, 1.165) is 23.1 Å². The first-order valence-corrected chi connectivity index (χ1v) is 9.41. The van der Waals surface area contributed by atoms with Crippen molar-refractivity contribution in [1.29, 1.82) is 0 Å². The molecule has 154 valence electrons. The van der Waals surface area contributed by atoms with Gasteiger partial charge in [-0.3, -0.25) is 4.79 Å². The molecule has 11 heteroatoms. The molecule has 0 unspecified atom stereocenters. The minimum atomic E-state index is -4.69. The second-order valence-electron chi connectivity index (χ2n) is 5.87. The van der Waals surface area contributed by atoms with Crippen molar-refractivity contribution >= 4 is 26.8 Å². The van der Waals surface area contributed by atoms with Crippen LogP contribution in [0.5, 0.6) is 0 Å². The van der Waals surface area contributed by atoms with Crippen molar-refractivity contribution in [3.05, 3.63) is 65.7 Å². The summed E-state index contributed by atoms with van der Waals surface area (Å²) >= 11 is 0. The van der Waals surface area contributed by atoms with Crippen molar-refractivity contribution in [2.75, 3.05) is 14.1 Å². The number of carbonyl (C=O) groups is 2. The van der Waals surface area contributed by atoms with Crippen molar-refractivity contribution in [1.82, 2.24) is 4.90 Å². The van der Waals surface area contributed by atoms with E-state index in [1.54, 1.807) is 6.07 Å². The molecule has 0 aliphatic carbocycles. The first-order chi connectivity index (χ1) is 13.4. The van der Waals surface area contributed by atoms with E-state index < -0.39 is 44.1 Å². The van der Waals surface area contributed by atoms with E-state index in [0.29, 0.717) is 6.07 Å². The second kappa shape index (κ2) is 8.43. The predicted molar refractivity (Wildman–Crippen MR) is 96.6 cm³/mol. The van der Waals surface area contributed by atoms with Crippen LogP contribution in [0.1, 0.15) is 15.9 Å². The van der Waals surface area contributed by atoms with Gasteiger partial charge in [-0.2, -0.15) is 13.2 Å². The average Bonchev–Trinajstić information content (AvgIpc) is 2.67. The number of halogens is 3. The van der Waals surface area contributed by atoms with Crippen molar-refractivity contribution in [2.45, 2.75) is 11.1 Å². The number of amides is 1. The zero-order valence-electron chi connectivity index (χ0n) is 15.2. The van der Waals surface area contributed by atoms with E-state index in [2.05, 4.69) is 9.99 Å². The Bertz CT molecular complexity index is 1050. The molecule has 2 aromatic rings. The molecule has 0 aliphatic rings. The van der Waals surface area contributed by atoms with Gasteiger partial charge in [0.25, 0.3) is 11.0 Å². The molecule has 2 aromatic carbocycles. The largest absolute Gasteiger partial charge is 0.416 e. The van der Waals surface area contributed by atoms with Crippen LogP contribution in [0, 0.1) is 0 Å². The van der Waals surface area contributed by atoms with Crippen molar-refractivity contribution in [3.8, 4) is 0 Å². The van der Waals surface area contributed by atoms with E-state index in [-0.39, 0.29) is 4.90 Å². The Hall–Kier alpha value is -3.21. The quantitative estimate of drug-likeness (QED) is 0.324. The highest BCUT2D eigenvalue weighted by Gasteiger charge is 2.33. The Morgan fingerprint density at radius 1 is 1.00 bits per heavy atom. The predicted octanol–water partition coefficient (Wildman–Crippen LogP) is 2.74. The molecule has 7 nitrogen and oxygen atoms in total. The zero-order valence-corrected chi connectivity index (χ0v) is 16.0. The fourth-order valence-electron chi connectivity index (χ4n) is 2.06. The Morgan fingerprint density at radius 2 is 1.62 bits per heavy atom. The Balaban J connectivity index is 2.41. The van der Waals surface area contributed by atoms with Gasteiger partial charge in [0.15, 0.2) is 0 Å². The number of benzene rings is 2. The van der Waals surface area contributed by atoms with Gasteiger partial charge in [0.2, 0.25) is 9.84 Å². The van der Waals surface area contributed by atoms with Crippen LogP contribution in [0.3, 0.4) is 0 Å². The van der Waals surface area contributed by atoms with Crippen LogP contribution in [0.15, 0.2) is 64.6 Å². The van der Waals surface area contributed by atoms with Gasteiger partial charge < -0.3 is 9.74 Å². The molecule has 0 atom stereocenters. The number of carbonyl (C=O) groups excluding carboxylic acids is 2. The van der Waals surface area contributed by atoms with Crippen LogP contribution in [-0.2, 0) is 25.6 Å². The van der Waals surface area contributed by atoms with Crippen LogP contribution < -0.4 is 0 Å². The summed E-state index contributed by atoms with van der Waals surface area (Å²) < 4.78 is 63.7. The minimum Gasteiger partial charge on any atom is -0.343 e.